The molecule has 0 N–H and O–H groups in total. The number of thioether (sulfide) groups is 1. The summed E-state index contributed by atoms with van der Waals surface area (Å²) in [6, 6.07) is 8.38. The molecule has 0 spiro atoms. The van der Waals surface area contributed by atoms with Gasteiger partial charge >= 0.3 is 0 Å². The van der Waals surface area contributed by atoms with Crippen molar-refractivity contribution in [3.8, 4) is 0 Å². The van der Waals surface area contributed by atoms with Gasteiger partial charge in [-0.15, -0.1) is 0 Å². The summed E-state index contributed by atoms with van der Waals surface area (Å²) in [6.45, 7) is 0.934. The first-order valence-electron chi connectivity index (χ1n) is 6.35. The van der Waals surface area contributed by atoms with Gasteiger partial charge in [0.15, 0.2) is 0 Å². The Morgan fingerprint density at radius 2 is 2.06 bits per heavy atom. The first kappa shape index (κ1) is 11.9. The third-order valence-corrected chi connectivity index (χ3v) is 5.18. The maximum Gasteiger partial charge on any atom is 0.254 e. The molecule has 0 aromatic heterocycles. The molecule has 0 unspecified atom stereocenters. The van der Waals surface area contributed by atoms with Gasteiger partial charge in [-0.2, -0.15) is 11.8 Å². The van der Waals surface area contributed by atoms with Gasteiger partial charge in [-0.1, -0.05) is 0 Å². The molecule has 0 saturated carbocycles. The fourth-order valence-electron chi connectivity index (χ4n) is 2.72. The third-order valence-electron chi connectivity index (χ3n) is 3.79. The largest absolute Gasteiger partial charge is 0.378 e. The molecular weight excluding hydrogens is 244 g/mol. The summed E-state index contributed by atoms with van der Waals surface area (Å²) in [5.41, 5.74) is 1.95. The lowest BCUT2D eigenvalue weighted by Crippen LogP contribution is -2.39. The van der Waals surface area contributed by atoms with Crippen LogP contribution in [0.1, 0.15) is 16.8 Å². The lowest BCUT2D eigenvalue weighted by Gasteiger charge is -2.26. The minimum absolute atomic E-state index is 0.202. The van der Waals surface area contributed by atoms with Crippen LogP contribution in [0.25, 0.3) is 0 Å². The molecule has 2 atom stereocenters. The Bertz CT molecular complexity index is 457. The molecule has 2 aliphatic rings. The molecule has 4 heteroatoms. The van der Waals surface area contributed by atoms with Crippen molar-refractivity contribution in [1.29, 1.82) is 0 Å². The zero-order valence-corrected chi connectivity index (χ0v) is 11.6. The predicted octanol–water partition coefficient (Wildman–Crippen LogP) is 2.08. The maximum absolute atomic E-state index is 12.4. The van der Waals surface area contributed by atoms with Crippen molar-refractivity contribution in [1.82, 2.24) is 4.90 Å². The van der Waals surface area contributed by atoms with Crippen molar-refractivity contribution >= 4 is 23.4 Å². The number of carbonyl (C=O) groups is 1. The van der Waals surface area contributed by atoms with Gasteiger partial charge in [0.05, 0.1) is 0 Å². The van der Waals surface area contributed by atoms with Crippen molar-refractivity contribution in [2.24, 2.45) is 0 Å². The van der Waals surface area contributed by atoms with Crippen LogP contribution in [0.2, 0.25) is 0 Å². The van der Waals surface area contributed by atoms with Crippen molar-refractivity contribution in [2.75, 3.05) is 31.3 Å². The Morgan fingerprint density at radius 3 is 2.56 bits per heavy atom. The molecule has 3 rings (SSSR count). The Kier molecular flexibility index (Phi) is 2.98. The first-order valence-corrected chi connectivity index (χ1v) is 7.40. The van der Waals surface area contributed by atoms with Crippen LogP contribution in [0.4, 0.5) is 5.69 Å². The number of nitrogens with zero attached hydrogens (tertiary/aromatic N) is 2. The molecule has 1 aromatic rings. The summed E-state index contributed by atoms with van der Waals surface area (Å²) in [7, 11) is 4.01. The van der Waals surface area contributed by atoms with E-state index in [4.69, 9.17) is 0 Å². The normalized spacial score (nSPS) is 25.6. The van der Waals surface area contributed by atoms with Gasteiger partial charge in [0.2, 0.25) is 0 Å². The third kappa shape index (κ3) is 1.99. The van der Waals surface area contributed by atoms with Crippen LogP contribution < -0.4 is 4.90 Å². The van der Waals surface area contributed by atoms with Gasteiger partial charge in [-0.3, -0.25) is 4.79 Å². The van der Waals surface area contributed by atoms with E-state index in [0.717, 1.165) is 23.5 Å². The van der Waals surface area contributed by atoms with E-state index in [2.05, 4.69) is 4.90 Å². The summed E-state index contributed by atoms with van der Waals surface area (Å²) in [6.07, 6.45) is 1.19. The summed E-state index contributed by atoms with van der Waals surface area (Å²) in [5.74, 6) is 1.32. The fourth-order valence-corrected chi connectivity index (χ4v) is 4.15. The summed E-state index contributed by atoms with van der Waals surface area (Å²) >= 11 is 2.01. The minimum atomic E-state index is 0.202. The molecule has 2 bridgehead atoms. The highest BCUT2D eigenvalue weighted by Gasteiger charge is 2.41. The molecule has 0 aliphatic carbocycles. The van der Waals surface area contributed by atoms with Crippen molar-refractivity contribution in [3.63, 3.8) is 0 Å². The monoisotopic (exact) mass is 262 g/mol. The van der Waals surface area contributed by atoms with Crippen LogP contribution >= 0.6 is 11.8 Å². The van der Waals surface area contributed by atoms with Crippen LogP contribution in [0.3, 0.4) is 0 Å². The Hall–Kier alpha value is -1.16. The second-order valence-corrected chi connectivity index (χ2v) is 6.58. The average Bonchev–Trinajstić information content (AvgIpc) is 3.00. The van der Waals surface area contributed by atoms with Crippen LogP contribution in [0.5, 0.6) is 0 Å². The highest BCUT2D eigenvalue weighted by atomic mass is 32.2. The van der Waals surface area contributed by atoms with Crippen LogP contribution in [0, 0.1) is 0 Å². The van der Waals surface area contributed by atoms with E-state index >= 15 is 0 Å². The number of anilines is 1. The maximum atomic E-state index is 12.4. The molecule has 2 aliphatic heterocycles. The molecule has 96 valence electrons. The van der Waals surface area contributed by atoms with Gasteiger partial charge in [-0.25, -0.2) is 0 Å². The SMILES string of the molecule is CN(C)c1ccc(C(=O)N2C[C@H]3C[C@H]2CS3)cc1. The lowest BCUT2D eigenvalue weighted by molar-refractivity contribution is 0.0747. The number of fused-ring (bicyclic) bond motifs is 2. The molecule has 0 radical (unpaired) electrons. The molecule has 1 aromatic carbocycles. The quantitative estimate of drug-likeness (QED) is 0.815. The fraction of sp³-hybridized carbons (Fsp3) is 0.500. The molecule has 2 heterocycles. The van der Waals surface area contributed by atoms with E-state index in [9.17, 15) is 4.79 Å². The van der Waals surface area contributed by atoms with Crippen LogP contribution in [-0.2, 0) is 0 Å². The molecule has 1 amide bonds. The van der Waals surface area contributed by atoms with E-state index in [1.54, 1.807) is 0 Å². The predicted molar refractivity (Wildman–Crippen MR) is 76.5 cm³/mol. The van der Waals surface area contributed by atoms with E-state index < -0.39 is 0 Å². The zero-order chi connectivity index (χ0) is 12.7. The average molecular weight is 262 g/mol. The second kappa shape index (κ2) is 4.50. The highest BCUT2D eigenvalue weighted by molar-refractivity contribution is 8.00. The van der Waals surface area contributed by atoms with Gasteiger partial charge in [-0.05, 0) is 30.7 Å². The number of hydrogen-bond acceptors (Lipinski definition) is 3. The molecule has 18 heavy (non-hydrogen) atoms. The second-order valence-electron chi connectivity index (χ2n) is 5.24. The Morgan fingerprint density at radius 1 is 1.33 bits per heavy atom. The van der Waals surface area contributed by atoms with E-state index in [0.29, 0.717) is 11.3 Å². The number of benzene rings is 1. The Balaban J connectivity index is 1.76. The minimum Gasteiger partial charge on any atom is -0.378 e. The number of amides is 1. The van der Waals surface area contributed by atoms with Crippen LogP contribution in [0.15, 0.2) is 24.3 Å². The standard InChI is InChI=1S/C14H18N2OS/c1-15(2)11-5-3-10(4-6-11)14(17)16-8-13-7-12(16)9-18-13/h3-6,12-13H,7-9H2,1-2H3/t12-,13+/m0/s1. The summed E-state index contributed by atoms with van der Waals surface area (Å²) in [4.78, 5) is 16.5. The molecular formula is C14H18N2OS. The number of hydrogen-bond donors (Lipinski definition) is 0. The van der Waals surface area contributed by atoms with E-state index in [1.165, 1.54) is 6.42 Å². The number of carbonyl (C=O) groups excluding carboxylic acids is 1. The zero-order valence-electron chi connectivity index (χ0n) is 10.8. The van der Waals surface area contributed by atoms with Crippen LogP contribution in [-0.4, -0.2) is 48.5 Å². The number of rotatable bonds is 2. The summed E-state index contributed by atoms with van der Waals surface area (Å²) < 4.78 is 0. The van der Waals surface area contributed by atoms with Gasteiger partial charge in [0.25, 0.3) is 5.91 Å². The van der Waals surface area contributed by atoms with E-state index in [1.807, 2.05) is 55.0 Å². The van der Waals surface area contributed by atoms with Crippen molar-refractivity contribution in [2.45, 2.75) is 17.7 Å². The topological polar surface area (TPSA) is 23.6 Å². The lowest BCUT2D eigenvalue weighted by atomic mass is 10.1. The summed E-state index contributed by atoms with van der Waals surface area (Å²) in [5, 5.41) is 0.681. The molecule has 2 saturated heterocycles. The van der Waals surface area contributed by atoms with E-state index in [-0.39, 0.29) is 5.91 Å². The first-order chi connectivity index (χ1) is 8.65. The van der Waals surface area contributed by atoms with Gasteiger partial charge in [0.1, 0.15) is 0 Å². The van der Waals surface area contributed by atoms with Crippen molar-refractivity contribution < 1.29 is 4.79 Å². The Labute approximate surface area is 112 Å². The molecule has 3 nitrogen and oxygen atoms in total. The number of likely N-dealkylation sites (tertiary alicyclic amines) is 1. The van der Waals surface area contributed by atoms with Gasteiger partial charge in [0, 0.05) is 48.9 Å². The highest BCUT2D eigenvalue weighted by Crippen LogP contribution is 2.38. The smallest absolute Gasteiger partial charge is 0.254 e. The van der Waals surface area contributed by atoms with Crippen molar-refractivity contribution in [3.05, 3.63) is 29.8 Å². The molecule has 2 fully saturated rings. The van der Waals surface area contributed by atoms with Gasteiger partial charge < -0.3 is 9.80 Å².